The van der Waals surface area contributed by atoms with E-state index < -0.39 is 0 Å². The summed E-state index contributed by atoms with van der Waals surface area (Å²) in [6, 6.07) is 7.53. The lowest BCUT2D eigenvalue weighted by atomic mass is 10.1. The maximum atomic E-state index is 11.8. The van der Waals surface area contributed by atoms with Crippen LogP contribution in [0.5, 0.6) is 0 Å². The van der Waals surface area contributed by atoms with Crippen molar-refractivity contribution in [1.29, 1.82) is 0 Å². The van der Waals surface area contributed by atoms with Gasteiger partial charge in [-0.2, -0.15) is 5.10 Å². The molecule has 2 rings (SSSR count). The first-order chi connectivity index (χ1) is 7.27. The van der Waals surface area contributed by atoms with Gasteiger partial charge in [-0.1, -0.05) is 24.3 Å². The van der Waals surface area contributed by atoms with E-state index in [2.05, 4.69) is 10.1 Å². The van der Waals surface area contributed by atoms with Crippen molar-refractivity contribution < 1.29 is 4.79 Å². The zero-order valence-electron chi connectivity index (χ0n) is 8.42. The Morgan fingerprint density at radius 3 is 2.87 bits per heavy atom. The predicted molar refractivity (Wildman–Crippen MR) is 55.5 cm³/mol. The van der Waals surface area contributed by atoms with E-state index in [1.807, 2.05) is 31.2 Å². The summed E-state index contributed by atoms with van der Waals surface area (Å²) in [7, 11) is 0. The van der Waals surface area contributed by atoms with Crippen LogP contribution in [0.1, 0.15) is 15.9 Å². The van der Waals surface area contributed by atoms with Crippen LogP contribution in [-0.2, 0) is 6.54 Å². The fourth-order valence-corrected chi connectivity index (χ4v) is 1.43. The molecule has 0 spiro atoms. The Balaban J connectivity index is 2.19. The van der Waals surface area contributed by atoms with E-state index >= 15 is 0 Å². The van der Waals surface area contributed by atoms with Crippen LogP contribution in [0.15, 0.2) is 36.9 Å². The maximum absolute atomic E-state index is 11.8. The van der Waals surface area contributed by atoms with Gasteiger partial charge >= 0.3 is 0 Å². The molecule has 0 N–H and O–H groups in total. The Kier molecular flexibility index (Phi) is 2.58. The first-order valence-electron chi connectivity index (χ1n) is 4.68. The van der Waals surface area contributed by atoms with E-state index in [1.165, 1.54) is 17.3 Å². The number of aromatic nitrogens is 3. The van der Waals surface area contributed by atoms with Crippen LogP contribution in [0.25, 0.3) is 0 Å². The van der Waals surface area contributed by atoms with Crippen LogP contribution < -0.4 is 0 Å². The highest BCUT2D eigenvalue weighted by Crippen LogP contribution is 2.08. The second kappa shape index (κ2) is 4.04. The smallest absolute Gasteiger partial charge is 0.184 e. The van der Waals surface area contributed by atoms with Crippen molar-refractivity contribution in [3.8, 4) is 0 Å². The SMILES string of the molecule is Cc1ccccc1C(=O)Cn1cncn1. The van der Waals surface area contributed by atoms with Crippen molar-refractivity contribution in [2.75, 3.05) is 0 Å². The third-order valence-electron chi connectivity index (χ3n) is 2.22. The van der Waals surface area contributed by atoms with Crippen molar-refractivity contribution >= 4 is 5.78 Å². The normalized spacial score (nSPS) is 10.2. The van der Waals surface area contributed by atoms with Gasteiger partial charge in [0, 0.05) is 5.56 Å². The Bertz CT molecular complexity index is 462. The van der Waals surface area contributed by atoms with Crippen molar-refractivity contribution in [3.63, 3.8) is 0 Å². The molecule has 0 atom stereocenters. The molecule has 0 aliphatic carbocycles. The summed E-state index contributed by atoms with van der Waals surface area (Å²) in [6.07, 6.45) is 2.96. The Labute approximate surface area is 87.6 Å². The zero-order valence-corrected chi connectivity index (χ0v) is 8.42. The summed E-state index contributed by atoms with van der Waals surface area (Å²) in [5.74, 6) is 0.0543. The molecule has 0 saturated carbocycles. The number of carbonyl (C=O) groups excluding carboxylic acids is 1. The van der Waals surface area contributed by atoms with Crippen LogP contribution in [0.4, 0.5) is 0 Å². The number of ketones is 1. The summed E-state index contributed by atoms with van der Waals surface area (Å²) in [5.41, 5.74) is 1.73. The summed E-state index contributed by atoms with van der Waals surface area (Å²) >= 11 is 0. The van der Waals surface area contributed by atoms with Crippen molar-refractivity contribution in [2.24, 2.45) is 0 Å². The van der Waals surface area contributed by atoms with E-state index in [4.69, 9.17) is 0 Å². The van der Waals surface area contributed by atoms with Gasteiger partial charge in [0.2, 0.25) is 0 Å². The fraction of sp³-hybridized carbons (Fsp3) is 0.182. The van der Waals surface area contributed by atoms with E-state index in [0.29, 0.717) is 0 Å². The molecule has 1 aromatic heterocycles. The number of benzene rings is 1. The molecule has 1 aromatic carbocycles. The van der Waals surface area contributed by atoms with Gasteiger partial charge in [0.05, 0.1) is 0 Å². The fourth-order valence-electron chi connectivity index (χ4n) is 1.43. The quantitative estimate of drug-likeness (QED) is 0.706. The number of nitrogens with zero attached hydrogens (tertiary/aromatic N) is 3. The van der Waals surface area contributed by atoms with Crippen molar-refractivity contribution in [2.45, 2.75) is 13.5 Å². The van der Waals surface area contributed by atoms with Gasteiger partial charge in [0.1, 0.15) is 19.2 Å². The van der Waals surface area contributed by atoms with E-state index in [9.17, 15) is 4.79 Å². The Morgan fingerprint density at radius 1 is 1.40 bits per heavy atom. The average molecular weight is 201 g/mol. The highest BCUT2D eigenvalue weighted by molar-refractivity contribution is 5.97. The molecule has 0 bridgehead atoms. The second-order valence-corrected chi connectivity index (χ2v) is 3.33. The van der Waals surface area contributed by atoms with E-state index in [0.717, 1.165) is 11.1 Å². The number of rotatable bonds is 3. The molecule has 0 saturated heterocycles. The highest BCUT2D eigenvalue weighted by atomic mass is 16.1. The molecule has 4 heteroatoms. The molecule has 76 valence electrons. The zero-order chi connectivity index (χ0) is 10.7. The van der Waals surface area contributed by atoms with Gasteiger partial charge in [-0.25, -0.2) is 9.67 Å². The summed E-state index contributed by atoms with van der Waals surface area (Å²) in [6.45, 7) is 2.17. The first-order valence-corrected chi connectivity index (χ1v) is 4.68. The minimum atomic E-state index is 0.0543. The monoisotopic (exact) mass is 201 g/mol. The molecule has 2 aromatic rings. The van der Waals surface area contributed by atoms with Gasteiger partial charge in [0.25, 0.3) is 0 Å². The molecule has 4 nitrogen and oxygen atoms in total. The Hall–Kier alpha value is -1.97. The lowest BCUT2D eigenvalue weighted by Gasteiger charge is -2.03. The number of hydrogen-bond acceptors (Lipinski definition) is 3. The van der Waals surface area contributed by atoms with Crippen molar-refractivity contribution in [3.05, 3.63) is 48.0 Å². The standard InChI is InChI=1S/C11H11N3O/c1-9-4-2-3-5-10(9)11(15)6-14-8-12-7-13-14/h2-5,7-8H,6H2,1H3. The molecule has 0 aliphatic rings. The summed E-state index contributed by atoms with van der Waals surface area (Å²) in [4.78, 5) is 15.6. The topological polar surface area (TPSA) is 47.8 Å². The first kappa shape index (κ1) is 9.58. The van der Waals surface area contributed by atoms with Gasteiger partial charge in [0.15, 0.2) is 5.78 Å². The predicted octanol–water partition coefficient (Wildman–Crippen LogP) is 1.47. The van der Waals surface area contributed by atoms with Gasteiger partial charge in [-0.3, -0.25) is 4.79 Å². The summed E-state index contributed by atoms with van der Waals surface area (Å²) in [5, 5.41) is 3.90. The van der Waals surface area contributed by atoms with E-state index in [-0.39, 0.29) is 12.3 Å². The molecule has 15 heavy (non-hydrogen) atoms. The average Bonchev–Trinajstić information content (AvgIpc) is 2.71. The van der Waals surface area contributed by atoms with E-state index in [1.54, 1.807) is 0 Å². The largest absolute Gasteiger partial charge is 0.292 e. The number of hydrogen-bond donors (Lipinski definition) is 0. The molecule has 0 radical (unpaired) electrons. The minimum absolute atomic E-state index is 0.0543. The molecule has 0 unspecified atom stereocenters. The van der Waals surface area contributed by atoms with Gasteiger partial charge < -0.3 is 0 Å². The lowest BCUT2D eigenvalue weighted by molar-refractivity contribution is 0.0967. The maximum Gasteiger partial charge on any atom is 0.184 e. The third-order valence-corrected chi connectivity index (χ3v) is 2.22. The molecule has 0 amide bonds. The molecule has 1 heterocycles. The summed E-state index contributed by atoms with van der Waals surface area (Å²) < 4.78 is 1.52. The Morgan fingerprint density at radius 2 is 2.20 bits per heavy atom. The van der Waals surface area contributed by atoms with Crippen LogP contribution in [-0.4, -0.2) is 20.5 Å². The third kappa shape index (κ3) is 2.10. The molecular weight excluding hydrogens is 190 g/mol. The number of carbonyl (C=O) groups is 1. The lowest BCUT2D eigenvalue weighted by Crippen LogP contribution is -2.11. The number of Topliss-reactive ketones (excluding diaryl/α,β-unsaturated/α-hetero) is 1. The second-order valence-electron chi connectivity index (χ2n) is 3.33. The van der Waals surface area contributed by atoms with Crippen LogP contribution in [0.3, 0.4) is 0 Å². The minimum Gasteiger partial charge on any atom is -0.292 e. The number of aryl methyl sites for hydroxylation is 1. The van der Waals surface area contributed by atoms with Crippen molar-refractivity contribution in [1.82, 2.24) is 14.8 Å². The highest BCUT2D eigenvalue weighted by Gasteiger charge is 2.08. The molecule has 0 aliphatic heterocycles. The van der Waals surface area contributed by atoms with Crippen LogP contribution in [0, 0.1) is 6.92 Å². The molecular formula is C11H11N3O. The van der Waals surface area contributed by atoms with Gasteiger partial charge in [-0.05, 0) is 12.5 Å². The van der Waals surface area contributed by atoms with Crippen LogP contribution in [0.2, 0.25) is 0 Å². The van der Waals surface area contributed by atoms with Gasteiger partial charge in [-0.15, -0.1) is 0 Å². The van der Waals surface area contributed by atoms with Crippen LogP contribution >= 0.6 is 0 Å². The molecule has 0 fully saturated rings.